The molecule has 0 aliphatic carbocycles. The van der Waals surface area contributed by atoms with Gasteiger partial charge in [-0.25, -0.2) is 0 Å². The topological polar surface area (TPSA) is 39.4 Å². The number of rotatable bonds is 4. The summed E-state index contributed by atoms with van der Waals surface area (Å²) in [5.41, 5.74) is -0.541. The van der Waals surface area contributed by atoms with E-state index in [9.17, 15) is 18.0 Å². The van der Waals surface area contributed by atoms with Crippen molar-refractivity contribution >= 4 is 33.3 Å². The van der Waals surface area contributed by atoms with Gasteiger partial charge in [-0.15, -0.1) is 0 Å². The zero-order chi connectivity index (χ0) is 23.9. The molecule has 0 aliphatic rings. The van der Waals surface area contributed by atoms with Gasteiger partial charge < -0.3 is 9.15 Å². The van der Waals surface area contributed by atoms with Crippen LogP contribution < -0.4 is 10.2 Å². The summed E-state index contributed by atoms with van der Waals surface area (Å²) in [6, 6.07) is 23.5. The molecule has 0 saturated carbocycles. The molecule has 7 heteroatoms. The van der Waals surface area contributed by atoms with E-state index in [2.05, 4.69) is 0 Å². The Labute approximate surface area is 197 Å². The van der Waals surface area contributed by atoms with Crippen LogP contribution in [0.15, 0.2) is 94.1 Å². The summed E-state index contributed by atoms with van der Waals surface area (Å²) < 4.78 is 52.6. The van der Waals surface area contributed by atoms with E-state index in [0.29, 0.717) is 5.02 Å². The molecule has 0 radical (unpaired) electrons. The van der Waals surface area contributed by atoms with Crippen molar-refractivity contribution in [3.8, 4) is 16.9 Å². The first-order valence-corrected chi connectivity index (χ1v) is 10.7. The monoisotopic (exact) mass is 480 g/mol. The minimum absolute atomic E-state index is 0.0236. The Morgan fingerprint density at radius 1 is 0.853 bits per heavy atom. The fourth-order valence-electron chi connectivity index (χ4n) is 3.92. The number of hydrogen-bond acceptors (Lipinski definition) is 3. The minimum Gasteiger partial charge on any atom is -0.489 e. The normalized spacial score (nSPS) is 11.8. The van der Waals surface area contributed by atoms with Crippen LogP contribution in [0.3, 0.4) is 0 Å². The van der Waals surface area contributed by atoms with Gasteiger partial charge in [-0.3, -0.25) is 4.79 Å². The van der Waals surface area contributed by atoms with Gasteiger partial charge in [-0.1, -0.05) is 66.2 Å². The number of ether oxygens (including phenoxy) is 1. The Morgan fingerprint density at radius 2 is 1.59 bits per heavy atom. The molecule has 0 spiro atoms. The standard InChI is InChI=1S/C27H16ClF3O3/c28-19-10-8-17(9-11-19)24-25(32)22-13-12-20(14-23(22)34-26(24)27(29,30)31)33-15-18-6-3-5-16-4-1-2-7-21(16)18/h1-14H,15H2. The van der Waals surface area contributed by atoms with Gasteiger partial charge >= 0.3 is 6.18 Å². The molecule has 1 aromatic heterocycles. The number of hydrogen-bond donors (Lipinski definition) is 0. The first-order valence-electron chi connectivity index (χ1n) is 10.3. The Bertz CT molecular complexity index is 1570. The highest BCUT2D eigenvalue weighted by molar-refractivity contribution is 6.30. The molecule has 0 bridgehead atoms. The van der Waals surface area contributed by atoms with E-state index in [1.54, 1.807) is 6.07 Å². The highest BCUT2D eigenvalue weighted by atomic mass is 35.5. The van der Waals surface area contributed by atoms with Crippen LogP contribution >= 0.6 is 11.6 Å². The van der Waals surface area contributed by atoms with Gasteiger partial charge in [-0.2, -0.15) is 13.2 Å². The fourth-order valence-corrected chi connectivity index (χ4v) is 4.05. The Hall–Kier alpha value is -3.77. The highest BCUT2D eigenvalue weighted by Gasteiger charge is 2.39. The van der Waals surface area contributed by atoms with Crippen molar-refractivity contribution in [1.82, 2.24) is 0 Å². The van der Waals surface area contributed by atoms with Crippen LogP contribution in [0.1, 0.15) is 11.3 Å². The molecule has 0 N–H and O–H groups in total. The van der Waals surface area contributed by atoms with E-state index in [0.717, 1.165) is 16.3 Å². The van der Waals surface area contributed by atoms with E-state index < -0.39 is 22.9 Å². The maximum absolute atomic E-state index is 13.8. The van der Waals surface area contributed by atoms with E-state index >= 15 is 0 Å². The number of benzene rings is 4. The molecule has 5 rings (SSSR count). The van der Waals surface area contributed by atoms with E-state index in [4.69, 9.17) is 20.8 Å². The average molecular weight is 481 g/mol. The van der Waals surface area contributed by atoms with Crippen molar-refractivity contribution in [3.63, 3.8) is 0 Å². The summed E-state index contributed by atoms with van der Waals surface area (Å²) >= 11 is 5.85. The molecular weight excluding hydrogens is 465 g/mol. The number of fused-ring (bicyclic) bond motifs is 2. The molecule has 34 heavy (non-hydrogen) atoms. The summed E-state index contributed by atoms with van der Waals surface area (Å²) in [6.07, 6.45) is -4.87. The predicted octanol–water partition coefficient (Wildman–Crippen LogP) is 7.86. The van der Waals surface area contributed by atoms with Gasteiger partial charge in [0.2, 0.25) is 11.2 Å². The summed E-state index contributed by atoms with van der Waals surface area (Å²) in [4.78, 5) is 13.1. The van der Waals surface area contributed by atoms with Crippen LogP contribution in [-0.2, 0) is 12.8 Å². The van der Waals surface area contributed by atoms with Gasteiger partial charge in [0.1, 0.15) is 17.9 Å². The lowest BCUT2D eigenvalue weighted by Gasteiger charge is -2.14. The third kappa shape index (κ3) is 4.13. The lowest BCUT2D eigenvalue weighted by atomic mass is 10.0. The van der Waals surface area contributed by atoms with Crippen molar-refractivity contribution in [2.75, 3.05) is 0 Å². The molecule has 0 amide bonds. The van der Waals surface area contributed by atoms with Gasteiger partial charge in [0.15, 0.2) is 0 Å². The summed E-state index contributed by atoms with van der Waals surface area (Å²) in [6.45, 7) is 0.200. The van der Waals surface area contributed by atoms with Crippen LogP contribution in [-0.4, -0.2) is 0 Å². The third-order valence-electron chi connectivity index (χ3n) is 5.53. The van der Waals surface area contributed by atoms with Crippen molar-refractivity contribution in [3.05, 3.63) is 111 Å². The molecule has 170 valence electrons. The third-order valence-corrected chi connectivity index (χ3v) is 5.78. The van der Waals surface area contributed by atoms with Gasteiger partial charge in [0.05, 0.1) is 10.9 Å². The van der Waals surface area contributed by atoms with E-state index in [-0.39, 0.29) is 28.9 Å². The fraction of sp³-hybridized carbons (Fsp3) is 0.0741. The van der Waals surface area contributed by atoms with E-state index in [1.807, 2.05) is 42.5 Å². The van der Waals surface area contributed by atoms with Crippen LogP contribution in [0, 0.1) is 0 Å². The van der Waals surface area contributed by atoms with Crippen molar-refractivity contribution in [2.45, 2.75) is 12.8 Å². The lowest BCUT2D eigenvalue weighted by Crippen LogP contribution is -2.16. The number of alkyl halides is 3. The SMILES string of the molecule is O=c1c(-c2ccc(Cl)cc2)c(C(F)(F)F)oc2cc(OCc3cccc4ccccc34)ccc12. The second kappa shape index (κ2) is 8.54. The first-order chi connectivity index (χ1) is 16.3. The van der Waals surface area contributed by atoms with E-state index in [1.165, 1.54) is 36.4 Å². The van der Waals surface area contributed by atoms with Crippen LogP contribution in [0.5, 0.6) is 5.75 Å². The predicted molar refractivity (Wildman–Crippen MR) is 126 cm³/mol. The lowest BCUT2D eigenvalue weighted by molar-refractivity contribution is -0.152. The molecule has 0 aliphatic heterocycles. The Kier molecular flexibility index (Phi) is 5.54. The molecule has 5 aromatic rings. The average Bonchev–Trinajstić information content (AvgIpc) is 2.82. The quantitative estimate of drug-likeness (QED) is 0.263. The Balaban J connectivity index is 1.56. The molecule has 0 atom stereocenters. The smallest absolute Gasteiger partial charge is 0.450 e. The molecule has 0 fully saturated rings. The van der Waals surface area contributed by atoms with Crippen LogP contribution in [0.25, 0.3) is 32.9 Å². The molecule has 4 aromatic carbocycles. The molecule has 3 nitrogen and oxygen atoms in total. The number of halogens is 4. The Morgan fingerprint density at radius 3 is 2.35 bits per heavy atom. The van der Waals surface area contributed by atoms with Crippen LogP contribution in [0.4, 0.5) is 13.2 Å². The van der Waals surface area contributed by atoms with Crippen LogP contribution in [0.2, 0.25) is 5.02 Å². The van der Waals surface area contributed by atoms with Crippen molar-refractivity contribution in [1.29, 1.82) is 0 Å². The summed E-state index contributed by atoms with van der Waals surface area (Å²) in [7, 11) is 0. The second-order valence-electron chi connectivity index (χ2n) is 7.72. The molecular formula is C27H16ClF3O3. The van der Waals surface area contributed by atoms with Crippen molar-refractivity contribution < 1.29 is 22.3 Å². The second-order valence-corrected chi connectivity index (χ2v) is 8.16. The van der Waals surface area contributed by atoms with Gasteiger partial charge in [0.25, 0.3) is 0 Å². The molecule has 1 heterocycles. The summed E-state index contributed by atoms with van der Waals surface area (Å²) in [5, 5.41) is 2.44. The maximum atomic E-state index is 13.8. The minimum atomic E-state index is -4.87. The van der Waals surface area contributed by atoms with Gasteiger partial charge in [0, 0.05) is 11.1 Å². The highest BCUT2D eigenvalue weighted by Crippen LogP contribution is 2.38. The summed E-state index contributed by atoms with van der Waals surface area (Å²) in [5.74, 6) is -1.07. The maximum Gasteiger partial charge on any atom is 0.450 e. The first kappa shape index (κ1) is 22.0. The zero-order valence-corrected chi connectivity index (χ0v) is 18.3. The molecule has 0 saturated heterocycles. The molecule has 0 unspecified atom stereocenters. The zero-order valence-electron chi connectivity index (χ0n) is 17.5. The largest absolute Gasteiger partial charge is 0.489 e. The van der Waals surface area contributed by atoms with Gasteiger partial charge in [-0.05, 0) is 46.2 Å². The van der Waals surface area contributed by atoms with Crippen molar-refractivity contribution in [2.24, 2.45) is 0 Å².